The summed E-state index contributed by atoms with van der Waals surface area (Å²) in [5, 5.41) is 4.67. The van der Waals surface area contributed by atoms with Crippen LogP contribution in [0, 0.1) is 6.92 Å². The summed E-state index contributed by atoms with van der Waals surface area (Å²) in [6.45, 7) is 7.53. The van der Waals surface area contributed by atoms with Crippen LogP contribution < -0.4 is 18.6 Å². The van der Waals surface area contributed by atoms with E-state index in [9.17, 15) is 0 Å². The minimum absolute atomic E-state index is 0.338. The molecule has 1 atom stereocenters. The van der Waals surface area contributed by atoms with Crippen molar-refractivity contribution in [2.75, 3.05) is 11.9 Å². The fraction of sp³-hybridized carbons (Fsp3) is 0.188. The van der Waals surface area contributed by atoms with E-state index in [1.54, 1.807) is 10.8 Å². The van der Waals surface area contributed by atoms with Gasteiger partial charge >= 0.3 is 225 Å². The Bertz CT molecular complexity index is 1640. The van der Waals surface area contributed by atoms with Gasteiger partial charge in [-0.05, 0) is 0 Å². The Kier molecular flexibility index (Phi) is 4.67. The Labute approximate surface area is 223 Å². The number of nitrogens with zero attached hydrogens (tertiary/aromatic N) is 1. The molecule has 2 aliphatic carbocycles. The summed E-state index contributed by atoms with van der Waals surface area (Å²) in [6.07, 6.45) is 0. The molecule has 169 valence electrons. The van der Waals surface area contributed by atoms with Crippen molar-refractivity contribution in [1.29, 1.82) is 0 Å². The Morgan fingerprint density at radius 3 is 1.97 bits per heavy atom. The van der Waals surface area contributed by atoms with Crippen LogP contribution in [0.25, 0.3) is 21.9 Å². The quantitative estimate of drug-likeness (QED) is 0.322. The average molecular weight is 546 g/mol. The van der Waals surface area contributed by atoms with Crippen molar-refractivity contribution in [1.82, 2.24) is 0 Å². The maximum atomic E-state index is 2.63. The van der Waals surface area contributed by atoms with Gasteiger partial charge in [0.05, 0.1) is 0 Å². The van der Waals surface area contributed by atoms with Gasteiger partial charge < -0.3 is 0 Å². The first-order chi connectivity index (χ1) is 16.9. The zero-order valence-corrected chi connectivity index (χ0v) is 24.1. The fourth-order valence-corrected chi connectivity index (χ4v) is 12.4. The predicted molar refractivity (Wildman–Crippen MR) is 146 cm³/mol. The molecule has 0 saturated heterocycles. The monoisotopic (exact) mass is 544 g/mol. The van der Waals surface area contributed by atoms with E-state index >= 15 is 0 Å². The van der Waals surface area contributed by atoms with Crippen molar-refractivity contribution in [2.45, 2.75) is 31.6 Å². The molecule has 4 aromatic carbocycles. The van der Waals surface area contributed by atoms with Gasteiger partial charge in [-0.2, -0.15) is 0 Å². The third-order valence-corrected chi connectivity index (χ3v) is 14.3. The van der Waals surface area contributed by atoms with Crippen LogP contribution in [0.2, 0.25) is 13.1 Å². The molecule has 1 unspecified atom stereocenters. The van der Waals surface area contributed by atoms with Gasteiger partial charge in [-0.3, -0.25) is 0 Å². The molecule has 0 radical (unpaired) electrons. The topological polar surface area (TPSA) is 3.24 Å². The molecule has 0 N–H and O–H groups in total. The molecule has 1 heterocycles. The van der Waals surface area contributed by atoms with Crippen molar-refractivity contribution >= 4 is 27.8 Å². The first-order valence-electron chi connectivity index (χ1n) is 12.5. The summed E-state index contributed by atoms with van der Waals surface area (Å²) in [5.41, 5.74) is 12.3. The second kappa shape index (κ2) is 7.51. The Morgan fingerprint density at radius 2 is 1.31 bits per heavy atom. The summed E-state index contributed by atoms with van der Waals surface area (Å²) >= 11 is 1.51. The Morgan fingerprint density at radius 1 is 0.743 bits per heavy atom. The molecule has 3 aliphatic rings. The van der Waals surface area contributed by atoms with Crippen LogP contribution in [0.1, 0.15) is 27.8 Å². The van der Waals surface area contributed by atoms with Gasteiger partial charge in [0.2, 0.25) is 0 Å². The van der Waals surface area contributed by atoms with Gasteiger partial charge in [-0.25, -0.2) is 0 Å². The number of likely N-dealkylation sites (N-methyl/N-ethyl adjacent to an activating group) is 1. The second-order valence-electron chi connectivity index (χ2n) is 10.9. The van der Waals surface area contributed by atoms with Crippen LogP contribution in [0.3, 0.4) is 0 Å². The van der Waals surface area contributed by atoms with Crippen molar-refractivity contribution in [3.8, 4) is 11.1 Å². The van der Waals surface area contributed by atoms with Crippen molar-refractivity contribution in [2.24, 2.45) is 0 Å². The van der Waals surface area contributed by atoms with E-state index < -0.39 is 8.07 Å². The van der Waals surface area contributed by atoms with Crippen LogP contribution >= 0.6 is 0 Å². The van der Waals surface area contributed by atoms with Crippen LogP contribution in [-0.4, -0.2) is 21.2 Å². The zero-order valence-electron chi connectivity index (χ0n) is 20.7. The van der Waals surface area contributed by atoms with Crippen LogP contribution in [0.15, 0.2) is 84.9 Å². The minimum atomic E-state index is -2.03. The Balaban J connectivity index is 1.53. The molecule has 0 bridgehead atoms. The van der Waals surface area contributed by atoms with E-state index in [0.29, 0.717) is 11.6 Å². The molecule has 0 amide bonds. The third-order valence-electron chi connectivity index (χ3n) is 8.73. The van der Waals surface area contributed by atoms with Gasteiger partial charge in [0.1, 0.15) is 0 Å². The molecule has 1 nitrogen and oxygen atoms in total. The van der Waals surface area contributed by atoms with Crippen molar-refractivity contribution in [3.63, 3.8) is 0 Å². The summed E-state index contributed by atoms with van der Waals surface area (Å²) < 4.78 is 1.52. The number of hydrogen-bond acceptors (Lipinski definition) is 1. The van der Waals surface area contributed by atoms with Gasteiger partial charge in [0.15, 0.2) is 0 Å². The predicted octanol–water partition coefficient (Wildman–Crippen LogP) is 4.95. The summed E-state index contributed by atoms with van der Waals surface area (Å²) in [5.74, 6) is 0. The number of rotatable bonds is 2. The first-order valence-corrected chi connectivity index (χ1v) is 16.8. The average Bonchev–Trinajstić information content (AvgIpc) is 3.48. The fourth-order valence-electron chi connectivity index (χ4n) is 7.24. The van der Waals surface area contributed by atoms with Crippen LogP contribution in [0.4, 0.5) is 5.69 Å². The van der Waals surface area contributed by atoms with E-state index in [-0.39, 0.29) is 0 Å². The molecule has 0 spiro atoms. The normalized spacial score (nSPS) is 17.8. The third kappa shape index (κ3) is 2.77. The first kappa shape index (κ1) is 21.8. The maximum absolute atomic E-state index is 2.63. The number of fused-ring (bicyclic) bond motifs is 7. The molecule has 35 heavy (non-hydrogen) atoms. The van der Waals surface area contributed by atoms with Crippen LogP contribution in [-0.2, 0) is 24.7 Å². The second-order valence-corrected chi connectivity index (χ2v) is 16.7. The molecular weight excluding hydrogens is 518 g/mol. The van der Waals surface area contributed by atoms with E-state index in [1.165, 1.54) is 77.5 Å². The molecule has 1 aliphatic heterocycles. The number of hydrogen-bond donors (Lipinski definition) is 0. The summed E-state index contributed by atoms with van der Waals surface area (Å²) in [7, 11) is 0.300. The van der Waals surface area contributed by atoms with Gasteiger partial charge in [0.25, 0.3) is 0 Å². The van der Waals surface area contributed by atoms with Crippen LogP contribution in [0.5, 0.6) is 0 Å². The molecule has 0 aromatic heterocycles. The van der Waals surface area contributed by atoms with E-state index in [4.69, 9.17) is 0 Å². The number of aryl methyl sites for hydroxylation is 1. The SMILES string of the molecule is Cc1ccc2c([c]1[Zr])C1=c3ccccc3=C([Si](C)(C)C3c4ccccc4-c4ccccc43)C1N2C. The molecule has 0 saturated carbocycles. The van der Waals surface area contributed by atoms with Gasteiger partial charge in [0, 0.05) is 0 Å². The molecular formula is C32H28NSiZr. The van der Waals surface area contributed by atoms with E-state index in [1.807, 2.05) is 0 Å². The van der Waals surface area contributed by atoms with Crippen molar-refractivity contribution in [3.05, 3.63) is 118 Å². The van der Waals surface area contributed by atoms with E-state index in [2.05, 4.69) is 117 Å². The van der Waals surface area contributed by atoms with Crippen molar-refractivity contribution < 1.29 is 24.7 Å². The standard InChI is InChI=1S/C32H28NSi.Zr/c1-20-17-18-28-27(19-20)29-23-13-7-10-16-26(23)32(30(29)33(28)2)34(3,4)31-24-14-8-5-11-21(24)22-12-6-9-15-25(22)31;/h5-18,30-31H,1-4H3;. The summed E-state index contributed by atoms with van der Waals surface area (Å²) in [4.78, 5) is 2.59. The van der Waals surface area contributed by atoms with Gasteiger partial charge in [-0.1, -0.05) is 0 Å². The van der Waals surface area contributed by atoms with Gasteiger partial charge in [-0.15, -0.1) is 0 Å². The molecule has 7 rings (SSSR count). The Hall–Kier alpha value is -2.48. The molecule has 3 heteroatoms. The summed E-state index contributed by atoms with van der Waals surface area (Å²) in [6, 6.07) is 32.6. The number of anilines is 1. The zero-order chi connectivity index (χ0) is 24.1. The molecule has 4 aromatic rings. The number of benzene rings is 4. The van der Waals surface area contributed by atoms with E-state index in [0.717, 1.165) is 0 Å². The molecule has 0 fully saturated rings.